The Labute approximate surface area is 81.2 Å². The van der Waals surface area contributed by atoms with Gasteiger partial charge in [-0.3, -0.25) is 0 Å². The van der Waals surface area contributed by atoms with Crippen molar-refractivity contribution in [2.24, 2.45) is 0 Å². The van der Waals surface area contributed by atoms with E-state index in [4.69, 9.17) is 4.74 Å². The van der Waals surface area contributed by atoms with Crippen LogP contribution >= 0.6 is 15.9 Å². The van der Waals surface area contributed by atoms with E-state index in [1.54, 1.807) is 0 Å². The maximum atomic E-state index is 5.51. The lowest BCUT2D eigenvalue weighted by atomic mass is 10.3. The van der Waals surface area contributed by atoms with E-state index in [1.165, 1.54) is 0 Å². The fourth-order valence-electron chi connectivity index (χ4n) is 0.760. The fraction of sp³-hybridized carbons (Fsp3) is 0.200. The fourth-order valence-corrected chi connectivity index (χ4v) is 1.13. The molecule has 0 amide bonds. The topological polar surface area (TPSA) is 9.23 Å². The molecule has 0 aliphatic carbocycles. The number of rotatable bonds is 2. The number of para-hydroxylation sites is 1. The highest BCUT2D eigenvalue weighted by atomic mass is 79.9. The van der Waals surface area contributed by atoms with Crippen molar-refractivity contribution >= 4 is 15.9 Å². The molecule has 2 heteroatoms. The third kappa shape index (κ3) is 2.38. The highest BCUT2D eigenvalue weighted by molar-refractivity contribution is 9.10. The molecule has 64 valence electrons. The first-order chi connectivity index (χ1) is 5.74. The van der Waals surface area contributed by atoms with Crippen molar-refractivity contribution in [3.63, 3.8) is 0 Å². The van der Waals surface area contributed by atoms with Gasteiger partial charge < -0.3 is 4.74 Å². The second-order valence-electron chi connectivity index (χ2n) is 2.43. The zero-order valence-corrected chi connectivity index (χ0v) is 8.76. The first-order valence-corrected chi connectivity index (χ1v) is 4.58. The molecule has 0 radical (unpaired) electrons. The summed E-state index contributed by atoms with van der Waals surface area (Å²) >= 11 is 3.40. The second-order valence-corrected chi connectivity index (χ2v) is 3.29. The van der Waals surface area contributed by atoms with Crippen LogP contribution in [0.15, 0.2) is 40.6 Å². The number of hydrogen-bond donors (Lipinski definition) is 0. The van der Waals surface area contributed by atoms with Crippen molar-refractivity contribution in [1.82, 2.24) is 0 Å². The molecule has 0 heterocycles. The van der Waals surface area contributed by atoms with E-state index in [1.807, 2.05) is 44.2 Å². The number of allylic oxidation sites excluding steroid dienone is 2. The van der Waals surface area contributed by atoms with Gasteiger partial charge in [0.25, 0.3) is 0 Å². The molecule has 0 spiro atoms. The summed E-state index contributed by atoms with van der Waals surface area (Å²) < 4.78 is 6.49. The van der Waals surface area contributed by atoms with Crippen molar-refractivity contribution < 1.29 is 4.74 Å². The molecule has 1 nitrogen and oxygen atoms in total. The lowest BCUT2D eigenvalue weighted by Gasteiger charge is -2.06. The molecule has 0 N–H and O–H groups in total. The van der Waals surface area contributed by atoms with Crippen molar-refractivity contribution in [1.29, 1.82) is 0 Å². The molecule has 1 aromatic rings. The molecular formula is C10H11BrO. The van der Waals surface area contributed by atoms with E-state index in [9.17, 15) is 0 Å². The van der Waals surface area contributed by atoms with Gasteiger partial charge in [0.1, 0.15) is 5.75 Å². The summed E-state index contributed by atoms with van der Waals surface area (Å²) in [6.45, 7) is 3.88. The summed E-state index contributed by atoms with van der Waals surface area (Å²) in [4.78, 5) is 0. The van der Waals surface area contributed by atoms with Crippen LogP contribution < -0.4 is 4.74 Å². The van der Waals surface area contributed by atoms with Crippen molar-refractivity contribution in [2.75, 3.05) is 0 Å². The van der Waals surface area contributed by atoms with E-state index in [2.05, 4.69) is 15.9 Å². The molecule has 1 aromatic carbocycles. The third-order valence-electron chi connectivity index (χ3n) is 1.51. The number of benzene rings is 1. The lowest BCUT2D eigenvalue weighted by Crippen LogP contribution is -1.90. The minimum Gasteiger partial charge on any atom is -0.461 e. The van der Waals surface area contributed by atoms with Gasteiger partial charge >= 0.3 is 0 Å². The van der Waals surface area contributed by atoms with Gasteiger partial charge in [0, 0.05) is 0 Å². The van der Waals surface area contributed by atoms with Gasteiger partial charge in [0.05, 0.1) is 10.2 Å². The van der Waals surface area contributed by atoms with E-state index >= 15 is 0 Å². The van der Waals surface area contributed by atoms with Crippen LogP contribution in [0.5, 0.6) is 5.75 Å². The van der Waals surface area contributed by atoms with Crippen LogP contribution in [-0.2, 0) is 0 Å². The molecule has 12 heavy (non-hydrogen) atoms. The zero-order valence-electron chi connectivity index (χ0n) is 7.17. The van der Waals surface area contributed by atoms with E-state index < -0.39 is 0 Å². The Bertz CT molecular complexity index is 292. The summed E-state index contributed by atoms with van der Waals surface area (Å²) in [5.74, 6) is 1.76. The summed E-state index contributed by atoms with van der Waals surface area (Å²) in [5, 5.41) is 0. The Kier molecular flexibility index (Phi) is 3.35. The second kappa shape index (κ2) is 4.31. The van der Waals surface area contributed by atoms with E-state index in [0.29, 0.717) is 0 Å². The summed E-state index contributed by atoms with van der Waals surface area (Å²) in [6, 6.07) is 7.79. The van der Waals surface area contributed by atoms with Crippen LogP contribution in [0.1, 0.15) is 13.8 Å². The first-order valence-electron chi connectivity index (χ1n) is 3.79. The molecule has 0 aliphatic rings. The molecule has 0 bridgehead atoms. The lowest BCUT2D eigenvalue weighted by molar-refractivity contribution is 0.424. The monoisotopic (exact) mass is 226 g/mol. The zero-order chi connectivity index (χ0) is 8.97. The smallest absolute Gasteiger partial charge is 0.141 e. The summed E-state index contributed by atoms with van der Waals surface area (Å²) in [5.41, 5.74) is 0. The molecule has 0 aliphatic heterocycles. The van der Waals surface area contributed by atoms with Gasteiger partial charge in [-0.2, -0.15) is 0 Å². The average molecular weight is 227 g/mol. The Morgan fingerprint density at radius 1 is 1.42 bits per heavy atom. The van der Waals surface area contributed by atoms with Crippen molar-refractivity contribution in [3.05, 3.63) is 40.6 Å². The van der Waals surface area contributed by atoms with Gasteiger partial charge in [0.15, 0.2) is 0 Å². The predicted octanol–water partition coefficient (Wildman–Crippen LogP) is 3.75. The number of ether oxygens (including phenoxy) is 1. The van der Waals surface area contributed by atoms with Crippen LogP contribution in [0.3, 0.4) is 0 Å². The molecule has 0 unspecified atom stereocenters. The number of halogens is 1. The average Bonchev–Trinajstić information content (AvgIpc) is 2.09. The third-order valence-corrected chi connectivity index (χ3v) is 2.17. The van der Waals surface area contributed by atoms with E-state index in [-0.39, 0.29) is 0 Å². The maximum Gasteiger partial charge on any atom is 0.141 e. The Hall–Kier alpha value is -0.760. The molecule has 0 atom stereocenters. The maximum absolute atomic E-state index is 5.51. The largest absolute Gasteiger partial charge is 0.461 e. The van der Waals surface area contributed by atoms with Gasteiger partial charge in [-0.1, -0.05) is 12.1 Å². The molecule has 1 rings (SSSR count). The van der Waals surface area contributed by atoms with Crippen LogP contribution in [0.2, 0.25) is 0 Å². The molecule has 0 aromatic heterocycles. The van der Waals surface area contributed by atoms with Crippen LogP contribution in [0.25, 0.3) is 0 Å². The van der Waals surface area contributed by atoms with Gasteiger partial charge in [-0.25, -0.2) is 0 Å². The normalized spacial score (nSPS) is 11.4. The van der Waals surface area contributed by atoms with Gasteiger partial charge in [-0.05, 0) is 48.0 Å². The Morgan fingerprint density at radius 3 is 2.67 bits per heavy atom. The first kappa shape index (κ1) is 9.33. The molecule has 0 saturated heterocycles. The minimum atomic E-state index is 0.855. The molecule has 0 saturated carbocycles. The predicted molar refractivity (Wildman–Crippen MR) is 54.2 cm³/mol. The van der Waals surface area contributed by atoms with Crippen molar-refractivity contribution in [2.45, 2.75) is 13.8 Å². The van der Waals surface area contributed by atoms with Crippen LogP contribution in [0.4, 0.5) is 0 Å². The molecule has 0 fully saturated rings. The van der Waals surface area contributed by atoms with E-state index in [0.717, 1.165) is 16.0 Å². The summed E-state index contributed by atoms with van der Waals surface area (Å²) in [7, 11) is 0. The molecular weight excluding hydrogens is 216 g/mol. The van der Waals surface area contributed by atoms with Gasteiger partial charge in [-0.15, -0.1) is 0 Å². The number of hydrogen-bond acceptors (Lipinski definition) is 1. The standard InChI is InChI=1S/C10H11BrO/c1-3-8(2)12-10-7-5-4-6-9(10)11/h3-7H,1-2H3/b8-3+. The van der Waals surface area contributed by atoms with Gasteiger partial charge in [0.2, 0.25) is 0 Å². The SMILES string of the molecule is C/C=C(\C)Oc1ccccc1Br. The Morgan fingerprint density at radius 2 is 2.08 bits per heavy atom. The summed E-state index contributed by atoms with van der Waals surface area (Å²) in [6.07, 6.45) is 1.93. The van der Waals surface area contributed by atoms with Crippen LogP contribution in [-0.4, -0.2) is 0 Å². The Balaban J connectivity index is 2.82. The van der Waals surface area contributed by atoms with Crippen molar-refractivity contribution in [3.8, 4) is 5.75 Å². The quantitative estimate of drug-likeness (QED) is 0.699. The van der Waals surface area contributed by atoms with Crippen LogP contribution in [0, 0.1) is 0 Å². The highest BCUT2D eigenvalue weighted by Gasteiger charge is 1.98. The minimum absolute atomic E-state index is 0.855. The highest BCUT2D eigenvalue weighted by Crippen LogP contribution is 2.25.